The van der Waals surface area contributed by atoms with Crippen molar-refractivity contribution in [2.45, 2.75) is 13.5 Å². The summed E-state index contributed by atoms with van der Waals surface area (Å²) < 4.78 is 13.2. The highest BCUT2D eigenvalue weighted by molar-refractivity contribution is 7.84. The first-order valence-electron chi connectivity index (χ1n) is 5.65. The summed E-state index contributed by atoms with van der Waals surface area (Å²) in [5, 5.41) is 8.95. The number of aromatic nitrogens is 2. The second kappa shape index (κ2) is 5.30. The van der Waals surface area contributed by atoms with E-state index in [0.717, 1.165) is 11.0 Å². The van der Waals surface area contributed by atoms with Gasteiger partial charge < -0.3 is 9.67 Å². The zero-order chi connectivity index (χ0) is 13.1. The van der Waals surface area contributed by atoms with Gasteiger partial charge >= 0.3 is 5.97 Å². The Kier molecular flexibility index (Phi) is 3.76. The molecule has 1 unspecified atom stereocenters. The Morgan fingerprint density at radius 1 is 1.50 bits per heavy atom. The highest BCUT2D eigenvalue weighted by Gasteiger charge is 2.08. The van der Waals surface area contributed by atoms with E-state index in [1.165, 1.54) is 6.07 Å². The van der Waals surface area contributed by atoms with Crippen LogP contribution in [0.2, 0.25) is 0 Å². The number of aromatic carboxylic acids is 1. The molecule has 0 amide bonds. The zero-order valence-corrected chi connectivity index (χ0v) is 10.8. The monoisotopic (exact) mass is 266 g/mol. The number of rotatable bonds is 5. The van der Waals surface area contributed by atoms with Gasteiger partial charge in [0.1, 0.15) is 0 Å². The molecule has 1 atom stereocenters. The Morgan fingerprint density at radius 2 is 2.28 bits per heavy atom. The van der Waals surface area contributed by atoms with Crippen LogP contribution in [0.4, 0.5) is 0 Å². The van der Waals surface area contributed by atoms with Crippen molar-refractivity contribution < 1.29 is 14.1 Å². The Bertz CT molecular complexity index is 606. The number of aryl methyl sites for hydroxylation is 1. The third-order valence-electron chi connectivity index (χ3n) is 2.75. The average molecular weight is 266 g/mol. The molecule has 0 aliphatic carbocycles. The van der Waals surface area contributed by atoms with Crippen LogP contribution in [0.1, 0.15) is 17.3 Å². The van der Waals surface area contributed by atoms with Gasteiger partial charge in [0, 0.05) is 28.9 Å². The number of carbonyl (C=O) groups is 1. The van der Waals surface area contributed by atoms with Gasteiger partial charge in [0.25, 0.3) is 0 Å². The van der Waals surface area contributed by atoms with Gasteiger partial charge in [-0.1, -0.05) is 6.92 Å². The van der Waals surface area contributed by atoms with Crippen LogP contribution in [0.5, 0.6) is 0 Å². The van der Waals surface area contributed by atoms with Crippen LogP contribution in [-0.2, 0) is 17.3 Å². The summed E-state index contributed by atoms with van der Waals surface area (Å²) in [7, 11) is -0.834. The fourth-order valence-electron chi connectivity index (χ4n) is 1.71. The number of fused-ring (bicyclic) bond motifs is 1. The number of hydrogen-bond donors (Lipinski definition) is 1. The summed E-state index contributed by atoms with van der Waals surface area (Å²) in [6.07, 6.45) is 1.66. The molecular formula is C12H14N2O3S. The zero-order valence-electron chi connectivity index (χ0n) is 10.00. The van der Waals surface area contributed by atoms with Crippen LogP contribution in [0, 0.1) is 0 Å². The highest BCUT2D eigenvalue weighted by Crippen LogP contribution is 2.15. The first-order valence-corrected chi connectivity index (χ1v) is 7.13. The number of imidazole rings is 1. The quantitative estimate of drug-likeness (QED) is 0.890. The molecule has 0 radical (unpaired) electrons. The number of benzene rings is 1. The van der Waals surface area contributed by atoms with Crippen LogP contribution < -0.4 is 0 Å². The lowest BCUT2D eigenvalue weighted by Crippen LogP contribution is -2.08. The van der Waals surface area contributed by atoms with E-state index in [9.17, 15) is 9.00 Å². The second-order valence-electron chi connectivity index (χ2n) is 3.88. The van der Waals surface area contributed by atoms with E-state index in [1.54, 1.807) is 18.5 Å². The largest absolute Gasteiger partial charge is 0.478 e. The molecule has 2 rings (SSSR count). The molecule has 18 heavy (non-hydrogen) atoms. The second-order valence-corrected chi connectivity index (χ2v) is 5.74. The molecule has 0 bridgehead atoms. The molecule has 0 spiro atoms. The molecule has 5 nitrogen and oxygen atoms in total. The van der Waals surface area contributed by atoms with Gasteiger partial charge in [-0.2, -0.15) is 0 Å². The van der Waals surface area contributed by atoms with Gasteiger partial charge in [0.2, 0.25) is 0 Å². The fourth-order valence-corrected chi connectivity index (χ4v) is 2.40. The van der Waals surface area contributed by atoms with E-state index in [1.807, 2.05) is 11.5 Å². The minimum Gasteiger partial charge on any atom is -0.478 e. The Labute approximate surface area is 107 Å². The third-order valence-corrected chi connectivity index (χ3v) is 4.03. The van der Waals surface area contributed by atoms with E-state index in [2.05, 4.69) is 4.98 Å². The maximum Gasteiger partial charge on any atom is 0.335 e. The van der Waals surface area contributed by atoms with Gasteiger partial charge in [0.05, 0.1) is 22.9 Å². The number of nitrogens with zero attached hydrogens (tertiary/aromatic N) is 2. The van der Waals surface area contributed by atoms with E-state index >= 15 is 0 Å². The maximum absolute atomic E-state index is 11.4. The Hall–Kier alpha value is -1.69. The molecule has 0 aliphatic rings. The topological polar surface area (TPSA) is 72.2 Å². The molecule has 1 aromatic heterocycles. The van der Waals surface area contributed by atoms with Crippen LogP contribution in [0.3, 0.4) is 0 Å². The standard InChI is InChI=1S/C12H14N2O3S/c1-2-18(17)6-5-14-8-13-10-4-3-9(12(15)16)7-11(10)14/h3-4,7-8H,2,5-6H2,1H3,(H,15,16). The van der Waals surface area contributed by atoms with Crippen molar-refractivity contribution in [2.75, 3.05) is 11.5 Å². The van der Waals surface area contributed by atoms with Crippen molar-refractivity contribution in [1.29, 1.82) is 0 Å². The molecule has 1 N–H and O–H groups in total. The molecule has 0 saturated carbocycles. The van der Waals surface area contributed by atoms with Crippen molar-refractivity contribution >= 4 is 27.8 Å². The lowest BCUT2D eigenvalue weighted by Gasteiger charge is -2.04. The maximum atomic E-state index is 11.4. The van der Waals surface area contributed by atoms with Crippen LogP contribution in [0.15, 0.2) is 24.5 Å². The molecule has 0 aliphatic heterocycles. The molecular weight excluding hydrogens is 252 g/mol. The summed E-state index contributed by atoms with van der Waals surface area (Å²) in [6.45, 7) is 2.46. The minimum absolute atomic E-state index is 0.237. The van der Waals surface area contributed by atoms with Crippen molar-refractivity contribution in [1.82, 2.24) is 9.55 Å². The number of carboxylic acid groups (broad SMARTS) is 1. The van der Waals surface area contributed by atoms with Gasteiger partial charge in [-0.15, -0.1) is 0 Å². The lowest BCUT2D eigenvalue weighted by molar-refractivity contribution is 0.0697. The lowest BCUT2D eigenvalue weighted by atomic mass is 10.2. The van der Waals surface area contributed by atoms with Gasteiger partial charge in [-0.25, -0.2) is 9.78 Å². The number of carboxylic acids is 1. The Balaban J connectivity index is 2.30. The van der Waals surface area contributed by atoms with Crippen molar-refractivity contribution in [3.63, 3.8) is 0 Å². The predicted molar refractivity (Wildman–Crippen MR) is 70.2 cm³/mol. The molecule has 96 valence electrons. The summed E-state index contributed by atoms with van der Waals surface area (Å²) >= 11 is 0. The van der Waals surface area contributed by atoms with Crippen molar-refractivity contribution in [3.8, 4) is 0 Å². The SMILES string of the molecule is CCS(=O)CCn1cnc2ccc(C(=O)O)cc21. The smallest absolute Gasteiger partial charge is 0.335 e. The van der Waals surface area contributed by atoms with E-state index in [-0.39, 0.29) is 5.56 Å². The van der Waals surface area contributed by atoms with Gasteiger partial charge in [-0.3, -0.25) is 4.21 Å². The highest BCUT2D eigenvalue weighted by atomic mass is 32.2. The molecule has 1 heterocycles. The first-order chi connectivity index (χ1) is 8.61. The summed E-state index contributed by atoms with van der Waals surface area (Å²) in [6, 6.07) is 4.82. The first kappa shape index (κ1) is 12.8. The average Bonchev–Trinajstić information content (AvgIpc) is 2.78. The molecule has 1 aromatic carbocycles. The van der Waals surface area contributed by atoms with E-state index < -0.39 is 16.8 Å². The van der Waals surface area contributed by atoms with Gasteiger partial charge in [-0.05, 0) is 18.2 Å². The fraction of sp³-hybridized carbons (Fsp3) is 0.333. The molecule has 2 aromatic rings. The summed E-state index contributed by atoms with van der Waals surface area (Å²) in [4.78, 5) is 15.1. The Morgan fingerprint density at radius 3 is 2.94 bits per heavy atom. The third kappa shape index (κ3) is 2.59. The minimum atomic E-state index is -0.957. The van der Waals surface area contributed by atoms with Gasteiger partial charge in [0.15, 0.2) is 0 Å². The molecule has 6 heteroatoms. The van der Waals surface area contributed by atoms with E-state index in [4.69, 9.17) is 5.11 Å². The predicted octanol–water partition coefficient (Wildman–Crippen LogP) is 1.50. The number of hydrogen-bond acceptors (Lipinski definition) is 3. The summed E-state index contributed by atoms with van der Waals surface area (Å²) in [5.74, 6) is 0.230. The summed E-state index contributed by atoms with van der Waals surface area (Å²) in [5.41, 5.74) is 1.76. The molecule has 0 fully saturated rings. The van der Waals surface area contributed by atoms with Crippen molar-refractivity contribution in [2.24, 2.45) is 0 Å². The van der Waals surface area contributed by atoms with Crippen LogP contribution in [-0.4, -0.2) is 36.3 Å². The van der Waals surface area contributed by atoms with Crippen LogP contribution >= 0.6 is 0 Å². The molecule has 0 saturated heterocycles. The van der Waals surface area contributed by atoms with Crippen LogP contribution in [0.25, 0.3) is 11.0 Å². The van der Waals surface area contributed by atoms with Crippen molar-refractivity contribution in [3.05, 3.63) is 30.1 Å². The van der Waals surface area contributed by atoms with E-state index in [0.29, 0.717) is 18.1 Å². The normalized spacial score (nSPS) is 12.7.